The van der Waals surface area contributed by atoms with Crippen LogP contribution in [0, 0.1) is 12.8 Å². The zero-order valence-corrected chi connectivity index (χ0v) is 7.21. The van der Waals surface area contributed by atoms with Crippen LogP contribution in [0.2, 0.25) is 0 Å². The maximum absolute atomic E-state index is 8.96. The molecule has 66 valence electrons. The Morgan fingerprint density at radius 1 is 1.67 bits per heavy atom. The van der Waals surface area contributed by atoms with Crippen molar-refractivity contribution in [2.45, 2.75) is 26.2 Å². The number of aromatic nitrogens is 1. The van der Waals surface area contributed by atoms with E-state index in [9.17, 15) is 0 Å². The van der Waals surface area contributed by atoms with Gasteiger partial charge in [-0.15, -0.1) is 0 Å². The van der Waals surface area contributed by atoms with Crippen LogP contribution in [0.3, 0.4) is 0 Å². The van der Waals surface area contributed by atoms with E-state index < -0.39 is 0 Å². The third kappa shape index (κ3) is 1.25. The maximum Gasteiger partial charge on any atom is 0.191 e. The number of oxazole rings is 1. The highest BCUT2D eigenvalue weighted by Gasteiger charge is 2.22. The lowest BCUT2D eigenvalue weighted by Gasteiger charge is -2.16. The third-order valence-corrected chi connectivity index (χ3v) is 2.41. The zero-order chi connectivity index (χ0) is 8.55. The van der Waals surface area contributed by atoms with Crippen LogP contribution in [0.15, 0.2) is 4.42 Å². The molecule has 1 aliphatic carbocycles. The zero-order valence-electron chi connectivity index (χ0n) is 7.21. The molecule has 0 aliphatic heterocycles. The molecule has 1 atom stereocenters. The second-order valence-electron chi connectivity index (χ2n) is 3.39. The minimum Gasteiger partial charge on any atom is -0.446 e. The monoisotopic (exact) mass is 167 g/mol. The van der Waals surface area contributed by atoms with Gasteiger partial charge < -0.3 is 9.52 Å². The number of nitrogens with zero attached hydrogens (tertiary/aromatic N) is 1. The van der Waals surface area contributed by atoms with Gasteiger partial charge in [-0.1, -0.05) is 0 Å². The average molecular weight is 167 g/mol. The first kappa shape index (κ1) is 7.80. The molecule has 0 aromatic carbocycles. The van der Waals surface area contributed by atoms with Gasteiger partial charge in [0, 0.05) is 20.0 Å². The first-order valence-electron chi connectivity index (χ1n) is 4.35. The van der Waals surface area contributed by atoms with E-state index in [0.29, 0.717) is 5.92 Å². The van der Waals surface area contributed by atoms with Gasteiger partial charge in [0.2, 0.25) is 0 Å². The average Bonchev–Trinajstić information content (AvgIpc) is 2.43. The number of fused-ring (bicyclic) bond motifs is 1. The van der Waals surface area contributed by atoms with Gasteiger partial charge in [0.25, 0.3) is 0 Å². The Kier molecular flexibility index (Phi) is 1.89. The highest BCUT2D eigenvalue weighted by Crippen LogP contribution is 2.25. The highest BCUT2D eigenvalue weighted by atomic mass is 16.4. The summed E-state index contributed by atoms with van der Waals surface area (Å²) < 4.78 is 5.42. The Morgan fingerprint density at radius 3 is 3.25 bits per heavy atom. The van der Waals surface area contributed by atoms with Crippen LogP contribution in [0.5, 0.6) is 0 Å². The molecule has 0 bridgehead atoms. The van der Waals surface area contributed by atoms with Gasteiger partial charge in [-0.05, 0) is 18.8 Å². The minimum atomic E-state index is 0.263. The van der Waals surface area contributed by atoms with Crippen LogP contribution >= 0.6 is 0 Å². The molecular formula is C9H13NO2. The minimum absolute atomic E-state index is 0.263. The molecule has 1 aromatic rings. The van der Waals surface area contributed by atoms with Crippen LogP contribution in [0.1, 0.15) is 23.8 Å². The summed E-state index contributed by atoms with van der Waals surface area (Å²) in [6.45, 7) is 2.13. The summed E-state index contributed by atoms with van der Waals surface area (Å²) in [5.41, 5.74) is 1.09. The van der Waals surface area contributed by atoms with Crippen molar-refractivity contribution < 1.29 is 9.52 Å². The lowest BCUT2D eigenvalue weighted by molar-refractivity contribution is 0.205. The van der Waals surface area contributed by atoms with Crippen molar-refractivity contribution in [1.82, 2.24) is 4.98 Å². The van der Waals surface area contributed by atoms with Crippen LogP contribution in [0.25, 0.3) is 0 Å². The molecule has 1 aliphatic rings. The molecule has 0 saturated carbocycles. The van der Waals surface area contributed by atoms with E-state index in [1.807, 2.05) is 6.92 Å². The Labute approximate surface area is 71.4 Å². The van der Waals surface area contributed by atoms with E-state index in [4.69, 9.17) is 9.52 Å². The van der Waals surface area contributed by atoms with Crippen LogP contribution in [-0.2, 0) is 12.8 Å². The molecule has 0 radical (unpaired) electrons. The van der Waals surface area contributed by atoms with E-state index in [2.05, 4.69) is 4.98 Å². The molecular weight excluding hydrogens is 154 g/mol. The number of aliphatic hydroxyl groups excluding tert-OH is 1. The summed E-state index contributed by atoms with van der Waals surface area (Å²) in [6, 6.07) is 0. The summed E-state index contributed by atoms with van der Waals surface area (Å²) in [7, 11) is 0. The molecule has 1 aromatic heterocycles. The fourth-order valence-corrected chi connectivity index (χ4v) is 1.73. The standard InChI is InChI=1S/C9H13NO2/c1-6-10-8-3-2-7(5-11)4-9(8)12-6/h7,11H,2-5H2,1H3. The molecule has 1 unspecified atom stereocenters. The fraction of sp³-hybridized carbons (Fsp3) is 0.667. The maximum atomic E-state index is 8.96. The summed E-state index contributed by atoms with van der Waals surface area (Å²) in [5, 5.41) is 8.96. The lowest BCUT2D eigenvalue weighted by atomic mass is 9.91. The number of rotatable bonds is 1. The van der Waals surface area contributed by atoms with Crippen molar-refractivity contribution in [1.29, 1.82) is 0 Å². The second kappa shape index (κ2) is 2.90. The van der Waals surface area contributed by atoms with E-state index in [1.165, 1.54) is 0 Å². The Morgan fingerprint density at radius 2 is 2.50 bits per heavy atom. The Hall–Kier alpha value is -0.830. The summed E-state index contributed by atoms with van der Waals surface area (Å²) in [6.07, 6.45) is 2.85. The number of aliphatic hydroxyl groups is 1. The van der Waals surface area contributed by atoms with Gasteiger partial charge in [-0.3, -0.25) is 0 Å². The molecule has 3 nitrogen and oxygen atoms in total. The Balaban J connectivity index is 2.22. The van der Waals surface area contributed by atoms with Gasteiger partial charge in [-0.25, -0.2) is 4.98 Å². The molecule has 2 rings (SSSR count). The highest BCUT2D eigenvalue weighted by molar-refractivity contribution is 5.13. The normalized spacial score (nSPS) is 22.3. The van der Waals surface area contributed by atoms with Gasteiger partial charge >= 0.3 is 0 Å². The smallest absolute Gasteiger partial charge is 0.191 e. The summed E-state index contributed by atoms with van der Waals surface area (Å²) in [4.78, 5) is 4.27. The predicted molar refractivity (Wildman–Crippen MR) is 43.8 cm³/mol. The van der Waals surface area contributed by atoms with Crippen LogP contribution in [-0.4, -0.2) is 16.7 Å². The van der Waals surface area contributed by atoms with Gasteiger partial charge in [0.1, 0.15) is 5.76 Å². The van der Waals surface area contributed by atoms with Gasteiger partial charge in [0.05, 0.1) is 5.69 Å². The number of aryl methyl sites for hydroxylation is 2. The second-order valence-corrected chi connectivity index (χ2v) is 3.39. The lowest BCUT2D eigenvalue weighted by Crippen LogP contribution is -2.16. The van der Waals surface area contributed by atoms with Crippen molar-refractivity contribution in [3.63, 3.8) is 0 Å². The van der Waals surface area contributed by atoms with Crippen molar-refractivity contribution >= 4 is 0 Å². The number of hydrogen-bond donors (Lipinski definition) is 1. The quantitative estimate of drug-likeness (QED) is 0.680. The molecule has 0 spiro atoms. The predicted octanol–water partition coefficient (Wildman–Crippen LogP) is 1.08. The molecule has 12 heavy (non-hydrogen) atoms. The van der Waals surface area contributed by atoms with Gasteiger partial charge in [0.15, 0.2) is 5.89 Å². The summed E-state index contributed by atoms with van der Waals surface area (Å²) >= 11 is 0. The molecule has 1 N–H and O–H groups in total. The first-order chi connectivity index (χ1) is 5.79. The molecule has 0 saturated heterocycles. The van der Waals surface area contributed by atoms with E-state index >= 15 is 0 Å². The SMILES string of the molecule is Cc1nc2c(o1)CC(CO)CC2. The fourth-order valence-electron chi connectivity index (χ4n) is 1.73. The molecule has 0 amide bonds. The van der Waals surface area contributed by atoms with Crippen LogP contribution < -0.4 is 0 Å². The molecule has 1 heterocycles. The van der Waals surface area contributed by atoms with E-state index in [1.54, 1.807) is 0 Å². The topological polar surface area (TPSA) is 46.3 Å². The summed E-state index contributed by atoms with van der Waals surface area (Å²) in [5.74, 6) is 2.11. The van der Waals surface area contributed by atoms with E-state index in [-0.39, 0.29) is 6.61 Å². The van der Waals surface area contributed by atoms with Crippen LogP contribution in [0.4, 0.5) is 0 Å². The van der Waals surface area contributed by atoms with Crippen molar-refractivity contribution in [2.75, 3.05) is 6.61 Å². The Bertz CT molecular complexity index is 280. The molecule has 3 heteroatoms. The van der Waals surface area contributed by atoms with Gasteiger partial charge in [-0.2, -0.15) is 0 Å². The van der Waals surface area contributed by atoms with Crippen molar-refractivity contribution in [3.05, 3.63) is 17.3 Å². The van der Waals surface area contributed by atoms with Crippen molar-refractivity contribution in [3.8, 4) is 0 Å². The first-order valence-corrected chi connectivity index (χ1v) is 4.35. The largest absolute Gasteiger partial charge is 0.446 e. The van der Waals surface area contributed by atoms with E-state index in [0.717, 1.165) is 36.6 Å². The number of hydrogen-bond acceptors (Lipinski definition) is 3. The third-order valence-electron chi connectivity index (χ3n) is 2.41. The van der Waals surface area contributed by atoms with Crippen molar-refractivity contribution in [2.24, 2.45) is 5.92 Å². The molecule has 0 fully saturated rings.